The molecular formula is C22H18N4O2. The highest BCUT2D eigenvalue weighted by Gasteiger charge is 2.25. The predicted octanol–water partition coefficient (Wildman–Crippen LogP) is 4.30. The summed E-state index contributed by atoms with van der Waals surface area (Å²) in [6.07, 6.45) is -0.779. The smallest absolute Gasteiger partial charge is 0.247 e. The van der Waals surface area contributed by atoms with Gasteiger partial charge in [0.1, 0.15) is 6.04 Å². The molecule has 2 atom stereocenters. The van der Waals surface area contributed by atoms with Crippen molar-refractivity contribution in [3.8, 4) is 17.5 Å². The van der Waals surface area contributed by atoms with Gasteiger partial charge < -0.3 is 14.8 Å². The number of nitrogens with one attached hydrogen (secondary N) is 1. The molecule has 0 radical (unpaired) electrons. The summed E-state index contributed by atoms with van der Waals surface area (Å²) in [6, 6.07) is 22.3. The Morgan fingerprint density at radius 2 is 1.68 bits per heavy atom. The molecule has 0 saturated carbocycles. The van der Waals surface area contributed by atoms with Crippen LogP contribution in [0.4, 0.5) is 5.69 Å². The van der Waals surface area contributed by atoms with Gasteiger partial charge in [0.25, 0.3) is 0 Å². The number of aliphatic hydroxyl groups excluding tert-OH is 1. The summed E-state index contributed by atoms with van der Waals surface area (Å²) in [6.45, 7) is 1.66. The zero-order chi connectivity index (χ0) is 19.5. The van der Waals surface area contributed by atoms with Crippen LogP contribution in [0.25, 0.3) is 22.2 Å². The van der Waals surface area contributed by atoms with E-state index in [9.17, 15) is 10.4 Å². The number of fused-ring (bicyclic) bond motifs is 1. The molecule has 2 N–H and O–H groups in total. The number of nitrogens with zero attached hydrogens (tertiary/aromatic N) is 3. The first-order valence-electron chi connectivity index (χ1n) is 8.92. The Morgan fingerprint density at radius 3 is 2.39 bits per heavy atom. The van der Waals surface area contributed by atoms with Crippen molar-refractivity contribution in [1.82, 2.24) is 10.2 Å². The van der Waals surface area contributed by atoms with Gasteiger partial charge in [-0.05, 0) is 31.2 Å². The molecule has 0 saturated heterocycles. The normalized spacial score (nSPS) is 13.0. The monoisotopic (exact) mass is 370 g/mol. The maximum Gasteiger partial charge on any atom is 0.247 e. The highest BCUT2D eigenvalue weighted by molar-refractivity contribution is 5.97. The van der Waals surface area contributed by atoms with E-state index in [-0.39, 0.29) is 0 Å². The fourth-order valence-corrected chi connectivity index (χ4v) is 3.14. The molecule has 0 unspecified atom stereocenters. The molecule has 0 aliphatic rings. The van der Waals surface area contributed by atoms with Gasteiger partial charge in [-0.1, -0.05) is 42.5 Å². The molecule has 0 spiro atoms. The van der Waals surface area contributed by atoms with E-state index in [2.05, 4.69) is 21.6 Å². The Morgan fingerprint density at radius 1 is 0.964 bits per heavy atom. The average Bonchev–Trinajstić information content (AvgIpc) is 3.22. The SMILES string of the molecule is C[C@@H](O)[C@@H](Nc1ccc(C#N)c2ccccc12)c1nnc(-c2ccccc2)o1. The van der Waals surface area contributed by atoms with E-state index in [4.69, 9.17) is 4.42 Å². The lowest BCUT2D eigenvalue weighted by Crippen LogP contribution is -2.23. The Labute approximate surface area is 162 Å². The first-order valence-corrected chi connectivity index (χ1v) is 8.92. The second-order valence-electron chi connectivity index (χ2n) is 6.49. The summed E-state index contributed by atoms with van der Waals surface area (Å²) >= 11 is 0. The number of aromatic nitrogens is 2. The molecule has 0 amide bonds. The summed E-state index contributed by atoms with van der Waals surface area (Å²) in [4.78, 5) is 0. The zero-order valence-corrected chi connectivity index (χ0v) is 15.2. The van der Waals surface area contributed by atoms with Gasteiger partial charge >= 0.3 is 0 Å². The summed E-state index contributed by atoms with van der Waals surface area (Å²) in [7, 11) is 0. The second-order valence-corrected chi connectivity index (χ2v) is 6.49. The zero-order valence-electron chi connectivity index (χ0n) is 15.2. The number of rotatable bonds is 5. The quantitative estimate of drug-likeness (QED) is 0.544. The van der Waals surface area contributed by atoms with E-state index >= 15 is 0 Å². The van der Waals surface area contributed by atoms with Crippen molar-refractivity contribution in [2.45, 2.75) is 19.1 Å². The van der Waals surface area contributed by atoms with Crippen molar-refractivity contribution >= 4 is 16.5 Å². The Hall–Kier alpha value is -3.69. The molecule has 0 bridgehead atoms. The van der Waals surface area contributed by atoms with Crippen molar-refractivity contribution in [1.29, 1.82) is 5.26 Å². The van der Waals surface area contributed by atoms with Crippen molar-refractivity contribution in [2.24, 2.45) is 0 Å². The molecule has 3 aromatic carbocycles. The fraction of sp³-hybridized carbons (Fsp3) is 0.136. The van der Waals surface area contributed by atoms with Crippen LogP contribution in [0.2, 0.25) is 0 Å². The Bertz CT molecular complexity index is 1150. The number of aliphatic hydroxyl groups is 1. The summed E-state index contributed by atoms with van der Waals surface area (Å²) in [5, 5.41) is 32.9. The van der Waals surface area contributed by atoms with E-state index in [1.165, 1.54) is 0 Å². The molecule has 6 heteroatoms. The van der Waals surface area contributed by atoms with Crippen LogP contribution < -0.4 is 5.32 Å². The second kappa shape index (κ2) is 7.51. The number of nitriles is 1. The van der Waals surface area contributed by atoms with Gasteiger partial charge in [0, 0.05) is 22.0 Å². The molecule has 4 aromatic rings. The summed E-state index contributed by atoms with van der Waals surface area (Å²) < 4.78 is 5.83. The van der Waals surface area contributed by atoms with E-state index in [1.54, 1.807) is 13.0 Å². The Kier molecular flexibility index (Phi) is 4.75. The fourth-order valence-electron chi connectivity index (χ4n) is 3.14. The number of hydrogen-bond acceptors (Lipinski definition) is 6. The summed E-state index contributed by atoms with van der Waals surface area (Å²) in [5.41, 5.74) is 2.19. The number of anilines is 1. The minimum atomic E-state index is -0.779. The lowest BCUT2D eigenvalue weighted by atomic mass is 10.0. The van der Waals surface area contributed by atoms with Crippen LogP contribution in [0, 0.1) is 11.3 Å². The third kappa shape index (κ3) is 3.31. The highest BCUT2D eigenvalue weighted by atomic mass is 16.4. The first kappa shape index (κ1) is 17.7. The van der Waals surface area contributed by atoms with Crippen molar-refractivity contribution in [2.75, 3.05) is 5.32 Å². The van der Waals surface area contributed by atoms with Gasteiger partial charge in [-0.15, -0.1) is 10.2 Å². The maximum absolute atomic E-state index is 10.3. The molecule has 28 heavy (non-hydrogen) atoms. The topological polar surface area (TPSA) is 95.0 Å². The van der Waals surface area contributed by atoms with Gasteiger partial charge in [-0.2, -0.15) is 5.26 Å². The molecule has 4 rings (SSSR count). The standard InChI is InChI=1S/C22H18N4O2/c1-14(27)20(22-26-25-21(28-22)15-7-3-2-4-8-15)24-19-12-11-16(13-23)17-9-5-6-10-18(17)19/h2-12,14,20,24,27H,1H3/t14-,20-/m1/s1. The molecular weight excluding hydrogens is 352 g/mol. The molecule has 0 fully saturated rings. The van der Waals surface area contributed by atoms with Gasteiger partial charge in [-0.3, -0.25) is 0 Å². The third-order valence-electron chi connectivity index (χ3n) is 4.57. The predicted molar refractivity (Wildman–Crippen MR) is 106 cm³/mol. The van der Waals surface area contributed by atoms with Crippen molar-refractivity contribution in [3.63, 3.8) is 0 Å². The molecule has 0 aliphatic heterocycles. The Balaban J connectivity index is 1.71. The van der Waals surface area contributed by atoms with E-state index < -0.39 is 12.1 Å². The maximum atomic E-state index is 10.3. The van der Waals surface area contributed by atoms with Crippen LogP contribution in [0.15, 0.2) is 71.1 Å². The highest BCUT2D eigenvalue weighted by Crippen LogP contribution is 2.31. The van der Waals surface area contributed by atoms with Crippen LogP contribution in [0.3, 0.4) is 0 Å². The molecule has 6 nitrogen and oxygen atoms in total. The lowest BCUT2D eigenvalue weighted by Gasteiger charge is -2.20. The molecule has 1 aromatic heterocycles. The number of benzene rings is 3. The van der Waals surface area contributed by atoms with Crippen LogP contribution >= 0.6 is 0 Å². The van der Waals surface area contributed by atoms with Crippen molar-refractivity contribution < 1.29 is 9.52 Å². The number of hydrogen-bond donors (Lipinski definition) is 2. The van der Waals surface area contributed by atoms with Crippen molar-refractivity contribution in [3.05, 3.63) is 78.2 Å². The largest absolute Gasteiger partial charge is 0.418 e. The van der Waals surface area contributed by atoms with Gasteiger partial charge in [-0.25, -0.2) is 0 Å². The van der Waals surface area contributed by atoms with Gasteiger partial charge in [0.15, 0.2) is 0 Å². The summed E-state index contributed by atoms with van der Waals surface area (Å²) in [5.74, 6) is 0.690. The van der Waals surface area contributed by atoms with E-state index in [0.29, 0.717) is 17.3 Å². The van der Waals surface area contributed by atoms with Crippen LogP contribution in [0.1, 0.15) is 24.4 Å². The van der Waals surface area contributed by atoms with Crippen LogP contribution in [-0.4, -0.2) is 21.4 Å². The molecule has 138 valence electrons. The van der Waals surface area contributed by atoms with Crippen LogP contribution in [0.5, 0.6) is 0 Å². The third-order valence-corrected chi connectivity index (χ3v) is 4.57. The minimum absolute atomic E-state index is 0.294. The minimum Gasteiger partial charge on any atom is -0.418 e. The van der Waals surface area contributed by atoms with Gasteiger partial charge in [0.2, 0.25) is 11.8 Å². The average molecular weight is 370 g/mol. The molecule has 1 heterocycles. The lowest BCUT2D eigenvalue weighted by molar-refractivity contribution is 0.160. The van der Waals surface area contributed by atoms with E-state index in [1.807, 2.05) is 60.7 Å². The van der Waals surface area contributed by atoms with Crippen LogP contribution in [-0.2, 0) is 0 Å². The van der Waals surface area contributed by atoms with E-state index in [0.717, 1.165) is 22.0 Å². The first-order chi connectivity index (χ1) is 13.7. The molecule has 0 aliphatic carbocycles. The van der Waals surface area contributed by atoms with Gasteiger partial charge in [0.05, 0.1) is 17.7 Å².